The van der Waals surface area contributed by atoms with Gasteiger partial charge in [-0.1, -0.05) is 25.8 Å². The van der Waals surface area contributed by atoms with Gasteiger partial charge in [-0.2, -0.15) is 0 Å². The van der Waals surface area contributed by atoms with Crippen molar-refractivity contribution >= 4 is 27.1 Å². The summed E-state index contributed by atoms with van der Waals surface area (Å²) >= 11 is 0. The van der Waals surface area contributed by atoms with Crippen molar-refractivity contribution in [3.63, 3.8) is 0 Å². The number of hydrogen-bond donors (Lipinski definition) is 2. The molecule has 0 fully saturated rings. The molecule has 0 aliphatic rings. The van der Waals surface area contributed by atoms with Crippen LogP contribution in [-0.4, -0.2) is 25.8 Å². The van der Waals surface area contributed by atoms with Gasteiger partial charge in [-0.15, -0.1) is 0 Å². The standard InChI is InChI=1S/C14H22N2O3S/c1-3-4-5-9-20(18,19)10-14(17)16-13-8-6-7-12(15)11(13)2/h6-8H,3-5,9-10,15H2,1-2H3,(H,16,17). The molecule has 0 aliphatic carbocycles. The van der Waals surface area contributed by atoms with Gasteiger partial charge >= 0.3 is 0 Å². The van der Waals surface area contributed by atoms with Crippen molar-refractivity contribution in [3.8, 4) is 0 Å². The van der Waals surface area contributed by atoms with E-state index in [0.29, 0.717) is 17.8 Å². The molecule has 3 N–H and O–H groups in total. The number of nitrogens with one attached hydrogen (secondary N) is 1. The van der Waals surface area contributed by atoms with Crippen LogP contribution in [-0.2, 0) is 14.6 Å². The minimum absolute atomic E-state index is 0.0597. The third-order valence-corrected chi connectivity index (χ3v) is 4.67. The third-order valence-electron chi connectivity index (χ3n) is 3.06. The van der Waals surface area contributed by atoms with E-state index in [1.54, 1.807) is 25.1 Å². The molecule has 0 spiro atoms. The fraction of sp³-hybridized carbons (Fsp3) is 0.500. The Hall–Kier alpha value is -1.56. The number of nitrogen functional groups attached to an aromatic ring is 1. The summed E-state index contributed by atoms with van der Waals surface area (Å²) in [5.41, 5.74) is 7.59. The van der Waals surface area contributed by atoms with Crippen molar-refractivity contribution in [1.82, 2.24) is 0 Å². The van der Waals surface area contributed by atoms with Crippen molar-refractivity contribution in [2.45, 2.75) is 33.1 Å². The van der Waals surface area contributed by atoms with Crippen molar-refractivity contribution in [2.24, 2.45) is 0 Å². The maximum atomic E-state index is 11.8. The van der Waals surface area contributed by atoms with Gasteiger partial charge in [0.1, 0.15) is 5.75 Å². The molecule has 1 aromatic rings. The van der Waals surface area contributed by atoms with E-state index in [9.17, 15) is 13.2 Å². The number of amides is 1. The first kappa shape index (κ1) is 16.5. The Bertz CT molecular complexity index is 568. The van der Waals surface area contributed by atoms with Gasteiger partial charge in [0.15, 0.2) is 9.84 Å². The summed E-state index contributed by atoms with van der Waals surface area (Å²) < 4.78 is 23.5. The van der Waals surface area contributed by atoms with Crippen LogP contribution in [0.25, 0.3) is 0 Å². The summed E-state index contributed by atoms with van der Waals surface area (Å²) in [5, 5.41) is 2.60. The second-order valence-corrected chi connectivity index (χ2v) is 7.05. The minimum Gasteiger partial charge on any atom is -0.398 e. The zero-order valence-corrected chi connectivity index (χ0v) is 12.8. The maximum Gasteiger partial charge on any atom is 0.239 e. The number of unbranched alkanes of at least 4 members (excludes halogenated alkanes) is 2. The molecule has 0 atom stereocenters. The fourth-order valence-corrected chi connectivity index (χ4v) is 3.08. The number of hydrogen-bond acceptors (Lipinski definition) is 4. The van der Waals surface area contributed by atoms with Crippen LogP contribution in [0.2, 0.25) is 0 Å². The lowest BCUT2D eigenvalue weighted by Crippen LogP contribution is -2.25. The zero-order valence-electron chi connectivity index (χ0n) is 12.0. The van der Waals surface area contributed by atoms with Gasteiger partial charge in [-0.3, -0.25) is 4.79 Å². The lowest BCUT2D eigenvalue weighted by atomic mass is 10.1. The molecular weight excluding hydrogens is 276 g/mol. The lowest BCUT2D eigenvalue weighted by molar-refractivity contribution is -0.113. The molecule has 5 nitrogen and oxygen atoms in total. The number of nitrogens with two attached hydrogens (primary N) is 1. The number of benzene rings is 1. The van der Waals surface area contributed by atoms with Crippen LogP contribution in [0.5, 0.6) is 0 Å². The van der Waals surface area contributed by atoms with Crippen LogP contribution in [0, 0.1) is 6.92 Å². The van der Waals surface area contributed by atoms with Gasteiger partial charge in [-0.25, -0.2) is 8.42 Å². The van der Waals surface area contributed by atoms with Crippen LogP contribution in [0.4, 0.5) is 11.4 Å². The molecular formula is C14H22N2O3S. The van der Waals surface area contributed by atoms with Crippen molar-refractivity contribution in [2.75, 3.05) is 22.6 Å². The number of anilines is 2. The van der Waals surface area contributed by atoms with Gasteiger partial charge in [-0.05, 0) is 31.0 Å². The largest absolute Gasteiger partial charge is 0.398 e. The van der Waals surface area contributed by atoms with Gasteiger partial charge in [0.05, 0.1) is 5.75 Å². The van der Waals surface area contributed by atoms with E-state index in [4.69, 9.17) is 5.73 Å². The number of carbonyl (C=O) groups excluding carboxylic acids is 1. The highest BCUT2D eigenvalue weighted by atomic mass is 32.2. The van der Waals surface area contributed by atoms with E-state index in [0.717, 1.165) is 18.4 Å². The van der Waals surface area contributed by atoms with Crippen LogP contribution in [0.3, 0.4) is 0 Å². The highest BCUT2D eigenvalue weighted by Gasteiger charge is 2.17. The molecule has 0 unspecified atom stereocenters. The molecule has 0 bridgehead atoms. The smallest absolute Gasteiger partial charge is 0.239 e. The summed E-state index contributed by atoms with van der Waals surface area (Å²) in [4.78, 5) is 11.8. The monoisotopic (exact) mass is 298 g/mol. The number of sulfone groups is 1. The Morgan fingerprint density at radius 3 is 2.65 bits per heavy atom. The SMILES string of the molecule is CCCCCS(=O)(=O)CC(=O)Nc1cccc(N)c1C. The molecule has 0 heterocycles. The topological polar surface area (TPSA) is 89.3 Å². The van der Waals surface area contributed by atoms with E-state index >= 15 is 0 Å². The average Bonchev–Trinajstić information content (AvgIpc) is 2.34. The Morgan fingerprint density at radius 2 is 2.00 bits per heavy atom. The van der Waals surface area contributed by atoms with Gasteiger partial charge in [0.2, 0.25) is 5.91 Å². The predicted octanol–water partition coefficient (Wildman–Crippen LogP) is 2.12. The van der Waals surface area contributed by atoms with E-state index in [-0.39, 0.29) is 5.75 Å². The van der Waals surface area contributed by atoms with Crippen LogP contribution in [0.15, 0.2) is 18.2 Å². The molecule has 1 rings (SSSR count). The fourth-order valence-electron chi connectivity index (χ4n) is 1.82. The molecule has 1 amide bonds. The molecule has 1 aromatic carbocycles. The van der Waals surface area contributed by atoms with E-state index in [1.807, 2.05) is 6.92 Å². The first-order valence-corrected chi connectivity index (χ1v) is 8.53. The van der Waals surface area contributed by atoms with E-state index in [1.165, 1.54) is 0 Å². The van der Waals surface area contributed by atoms with Gasteiger partial charge < -0.3 is 11.1 Å². The Balaban J connectivity index is 2.61. The molecule has 0 aliphatic heterocycles. The average molecular weight is 298 g/mol. The lowest BCUT2D eigenvalue weighted by Gasteiger charge is -2.10. The van der Waals surface area contributed by atoms with Crippen molar-refractivity contribution in [1.29, 1.82) is 0 Å². The van der Waals surface area contributed by atoms with Crippen molar-refractivity contribution in [3.05, 3.63) is 23.8 Å². The summed E-state index contributed by atoms with van der Waals surface area (Å²) in [6.07, 6.45) is 2.41. The molecule has 0 saturated heterocycles. The normalized spacial score (nSPS) is 11.3. The second kappa shape index (κ2) is 7.28. The van der Waals surface area contributed by atoms with Gasteiger partial charge in [0.25, 0.3) is 0 Å². The quantitative estimate of drug-likeness (QED) is 0.596. The highest BCUT2D eigenvalue weighted by Crippen LogP contribution is 2.20. The third kappa shape index (κ3) is 5.21. The van der Waals surface area contributed by atoms with E-state index in [2.05, 4.69) is 5.32 Å². The zero-order chi connectivity index (χ0) is 15.2. The first-order valence-electron chi connectivity index (χ1n) is 6.71. The first-order chi connectivity index (χ1) is 9.35. The Kier molecular flexibility index (Phi) is 6.01. The summed E-state index contributed by atoms with van der Waals surface area (Å²) in [6.45, 7) is 3.78. The maximum absolute atomic E-state index is 11.8. The van der Waals surface area contributed by atoms with Crippen molar-refractivity contribution < 1.29 is 13.2 Å². The molecule has 112 valence electrons. The number of carbonyl (C=O) groups is 1. The number of rotatable bonds is 7. The minimum atomic E-state index is -3.34. The Morgan fingerprint density at radius 1 is 1.30 bits per heavy atom. The van der Waals surface area contributed by atoms with E-state index < -0.39 is 21.5 Å². The second-order valence-electron chi connectivity index (χ2n) is 4.87. The summed E-state index contributed by atoms with van der Waals surface area (Å²) in [7, 11) is -3.34. The van der Waals surface area contributed by atoms with Crippen LogP contribution >= 0.6 is 0 Å². The van der Waals surface area contributed by atoms with Gasteiger partial charge in [0, 0.05) is 11.4 Å². The summed E-state index contributed by atoms with van der Waals surface area (Å²) in [5.74, 6) is -0.940. The molecule has 0 saturated carbocycles. The molecule has 6 heteroatoms. The predicted molar refractivity (Wildman–Crippen MR) is 82.4 cm³/mol. The van der Waals surface area contributed by atoms with Crippen LogP contribution in [0.1, 0.15) is 31.7 Å². The Labute approximate surface area is 120 Å². The highest BCUT2D eigenvalue weighted by molar-refractivity contribution is 7.92. The van der Waals surface area contributed by atoms with Crippen LogP contribution < -0.4 is 11.1 Å². The molecule has 0 radical (unpaired) electrons. The molecule has 0 aromatic heterocycles. The summed E-state index contributed by atoms with van der Waals surface area (Å²) in [6, 6.07) is 5.15. The molecule has 20 heavy (non-hydrogen) atoms.